The molecule has 102 valence electrons. The minimum atomic E-state index is -0.836. The normalized spacial score (nSPS) is 9.89. The third-order valence-electron chi connectivity index (χ3n) is 1.84. The predicted molar refractivity (Wildman–Crippen MR) is 60.0 cm³/mol. The molecule has 0 unspecified atom stereocenters. The molecule has 8 heteroatoms. The van der Waals surface area contributed by atoms with Crippen LogP contribution in [0.4, 0.5) is 0 Å². The Morgan fingerprint density at radius 2 is 1.06 bits per heavy atom. The maximum Gasteiger partial charge on any atom is 0.296 e. The largest absolute Gasteiger partial charge is 0.394 e. The van der Waals surface area contributed by atoms with Gasteiger partial charge in [-0.15, -0.1) is 0 Å². The van der Waals surface area contributed by atoms with Crippen LogP contribution in [0, 0.1) is 11.8 Å². The molecule has 0 saturated carbocycles. The number of aliphatic hydroxyl groups excluding tert-OH is 4. The molecule has 0 aliphatic carbocycles. The van der Waals surface area contributed by atoms with Crippen molar-refractivity contribution in [3.8, 4) is 11.8 Å². The summed E-state index contributed by atoms with van der Waals surface area (Å²) >= 11 is 0. The standard InChI is InChI=1S/C10H16N2O6/c13-3-7(4-14)11-9(17)1-2-10(18)12-8(5-15)6-16/h7-8,13-16H,3-6H2,(H,11,17)(H,12,18). The van der Waals surface area contributed by atoms with Crippen LogP contribution in [-0.4, -0.2) is 70.8 Å². The summed E-state index contributed by atoms with van der Waals surface area (Å²) in [4.78, 5) is 22.2. The topological polar surface area (TPSA) is 139 Å². The van der Waals surface area contributed by atoms with Gasteiger partial charge in [0.25, 0.3) is 11.8 Å². The number of amides is 2. The van der Waals surface area contributed by atoms with E-state index in [0.29, 0.717) is 0 Å². The molecule has 0 aromatic heterocycles. The van der Waals surface area contributed by atoms with Crippen LogP contribution < -0.4 is 10.6 Å². The first kappa shape index (κ1) is 16.3. The minimum absolute atomic E-state index is 0.451. The van der Waals surface area contributed by atoms with Crippen LogP contribution in [0.5, 0.6) is 0 Å². The molecule has 0 spiro atoms. The lowest BCUT2D eigenvalue weighted by molar-refractivity contribution is -0.118. The lowest BCUT2D eigenvalue weighted by atomic mass is 10.3. The SMILES string of the molecule is O=C(C#CC(=O)NC(CO)CO)NC(CO)CO. The van der Waals surface area contributed by atoms with Crippen molar-refractivity contribution < 1.29 is 30.0 Å². The highest BCUT2D eigenvalue weighted by Gasteiger charge is 2.09. The van der Waals surface area contributed by atoms with Crippen molar-refractivity contribution in [3.05, 3.63) is 0 Å². The summed E-state index contributed by atoms with van der Waals surface area (Å²) in [5.74, 6) is 2.21. The second kappa shape index (κ2) is 9.38. The van der Waals surface area contributed by atoms with Gasteiger partial charge in [0.2, 0.25) is 0 Å². The van der Waals surface area contributed by atoms with Crippen LogP contribution in [0.3, 0.4) is 0 Å². The monoisotopic (exact) mass is 260 g/mol. The van der Waals surface area contributed by atoms with E-state index >= 15 is 0 Å². The number of aliphatic hydroxyl groups is 4. The Morgan fingerprint density at radius 3 is 1.28 bits per heavy atom. The van der Waals surface area contributed by atoms with E-state index in [1.165, 1.54) is 0 Å². The Morgan fingerprint density at radius 1 is 0.778 bits per heavy atom. The fraction of sp³-hybridized carbons (Fsp3) is 0.600. The summed E-state index contributed by atoms with van der Waals surface area (Å²) < 4.78 is 0. The van der Waals surface area contributed by atoms with Crippen LogP contribution in [0.25, 0.3) is 0 Å². The van der Waals surface area contributed by atoms with E-state index in [1.807, 2.05) is 11.8 Å². The van der Waals surface area contributed by atoms with Gasteiger partial charge in [-0.1, -0.05) is 0 Å². The van der Waals surface area contributed by atoms with Crippen molar-refractivity contribution in [1.29, 1.82) is 0 Å². The molecule has 8 nitrogen and oxygen atoms in total. The quantitative estimate of drug-likeness (QED) is 0.268. The van der Waals surface area contributed by atoms with Crippen molar-refractivity contribution >= 4 is 11.8 Å². The average molecular weight is 260 g/mol. The summed E-state index contributed by atoms with van der Waals surface area (Å²) in [6.45, 7) is -1.80. The third kappa shape index (κ3) is 6.82. The van der Waals surface area contributed by atoms with E-state index < -0.39 is 50.3 Å². The average Bonchev–Trinajstić information content (AvgIpc) is 2.39. The second-order valence-electron chi connectivity index (χ2n) is 3.32. The van der Waals surface area contributed by atoms with Gasteiger partial charge >= 0.3 is 0 Å². The highest BCUT2D eigenvalue weighted by molar-refractivity contribution is 6.03. The van der Waals surface area contributed by atoms with Crippen LogP contribution in [0.1, 0.15) is 0 Å². The number of rotatable bonds is 6. The molecule has 0 aliphatic rings. The molecule has 0 saturated heterocycles. The Balaban J connectivity index is 4.22. The summed E-state index contributed by atoms with van der Waals surface area (Å²) in [5.41, 5.74) is 0. The molecule has 0 fully saturated rings. The van der Waals surface area contributed by atoms with Crippen molar-refractivity contribution in [2.45, 2.75) is 12.1 Å². The van der Waals surface area contributed by atoms with Gasteiger partial charge in [0.05, 0.1) is 38.5 Å². The Labute approximate surface area is 104 Å². The molecular formula is C10H16N2O6. The summed E-state index contributed by atoms with van der Waals surface area (Å²) in [5, 5.41) is 39.0. The molecule has 0 aromatic carbocycles. The number of nitrogens with one attached hydrogen (secondary N) is 2. The van der Waals surface area contributed by atoms with Crippen molar-refractivity contribution in [3.63, 3.8) is 0 Å². The van der Waals surface area contributed by atoms with Crippen molar-refractivity contribution in [1.82, 2.24) is 10.6 Å². The van der Waals surface area contributed by atoms with Crippen LogP contribution in [0.15, 0.2) is 0 Å². The van der Waals surface area contributed by atoms with E-state index in [1.54, 1.807) is 0 Å². The zero-order valence-electron chi connectivity index (χ0n) is 9.59. The van der Waals surface area contributed by atoms with Gasteiger partial charge in [-0.25, -0.2) is 0 Å². The minimum Gasteiger partial charge on any atom is -0.394 e. The summed E-state index contributed by atoms with van der Waals surface area (Å²) in [6.07, 6.45) is 0. The first-order valence-electron chi connectivity index (χ1n) is 5.13. The van der Waals surface area contributed by atoms with E-state index in [4.69, 9.17) is 20.4 Å². The van der Waals surface area contributed by atoms with E-state index in [-0.39, 0.29) is 0 Å². The number of hydrogen-bond acceptors (Lipinski definition) is 6. The predicted octanol–water partition coefficient (Wildman–Crippen LogP) is -4.07. The molecular weight excluding hydrogens is 244 g/mol. The first-order valence-corrected chi connectivity index (χ1v) is 5.13. The van der Waals surface area contributed by atoms with Crippen LogP contribution >= 0.6 is 0 Å². The first-order chi connectivity index (χ1) is 8.57. The maximum absolute atomic E-state index is 11.1. The number of carbonyl (C=O) groups excluding carboxylic acids is 2. The fourth-order valence-electron chi connectivity index (χ4n) is 0.855. The zero-order valence-corrected chi connectivity index (χ0v) is 9.59. The van der Waals surface area contributed by atoms with Crippen molar-refractivity contribution in [2.24, 2.45) is 0 Å². The Bertz CT molecular complexity index is 297. The Kier molecular flexibility index (Phi) is 8.51. The highest BCUT2D eigenvalue weighted by atomic mass is 16.3. The summed E-state index contributed by atoms with van der Waals surface area (Å²) in [7, 11) is 0. The fourth-order valence-corrected chi connectivity index (χ4v) is 0.855. The molecule has 0 radical (unpaired) electrons. The molecule has 0 rings (SSSR count). The van der Waals surface area contributed by atoms with Gasteiger partial charge in [0.1, 0.15) is 0 Å². The Hall–Kier alpha value is -1.66. The smallest absolute Gasteiger partial charge is 0.296 e. The molecule has 0 heterocycles. The lowest BCUT2D eigenvalue weighted by Gasteiger charge is -2.10. The molecule has 6 N–H and O–H groups in total. The van der Waals surface area contributed by atoms with Gasteiger partial charge < -0.3 is 31.1 Å². The van der Waals surface area contributed by atoms with Gasteiger partial charge in [-0.2, -0.15) is 0 Å². The van der Waals surface area contributed by atoms with Gasteiger partial charge in [0, 0.05) is 11.8 Å². The van der Waals surface area contributed by atoms with Crippen LogP contribution in [0.2, 0.25) is 0 Å². The highest BCUT2D eigenvalue weighted by Crippen LogP contribution is 1.80. The second-order valence-corrected chi connectivity index (χ2v) is 3.32. The van der Waals surface area contributed by atoms with E-state index in [2.05, 4.69) is 10.6 Å². The molecule has 18 heavy (non-hydrogen) atoms. The van der Waals surface area contributed by atoms with Crippen LogP contribution in [-0.2, 0) is 9.59 Å². The number of hydrogen-bond donors (Lipinski definition) is 6. The van der Waals surface area contributed by atoms with E-state index in [0.717, 1.165) is 0 Å². The molecule has 0 aromatic rings. The molecule has 2 amide bonds. The zero-order chi connectivity index (χ0) is 14.0. The number of carbonyl (C=O) groups is 2. The summed E-state index contributed by atoms with van der Waals surface area (Å²) in [6, 6.07) is -1.67. The molecule has 0 bridgehead atoms. The molecule has 0 aliphatic heterocycles. The van der Waals surface area contributed by atoms with Gasteiger partial charge in [-0.3, -0.25) is 9.59 Å². The van der Waals surface area contributed by atoms with Gasteiger partial charge in [-0.05, 0) is 0 Å². The van der Waals surface area contributed by atoms with Crippen molar-refractivity contribution in [2.75, 3.05) is 26.4 Å². The van der Waals surface area contributed by atoms with E-state index in [9.17, 15) is 9.59 Å². The lowest BCUT2D eigenvalue weighted by Crippen LogP contribution is -2.40. The molecule has 0 atom stereocenters. The maximum atomic E-state index is 11.1. The van der Waals surface area contributed by atoms with Gasteiger partial charge in [0.15, 0.2) is 0 Å². The third-order valence-corrected chi connectivity index (χ3v) is 1.84.